The molecule has 21 heavy (non-hydrogen) atoms. The predicted octanol–water partition coefficient (Wildman–Crippen LogP) is 3.12. The maximum absolute atomic E-state index is 11.4. The number of halogens is 1. The Kier molecular flexibility index (Phi) is 5.31. The van der Waals surface area contributed by atoms with Gasteiger partial charge in [-0.2, -0.15) is 0 Å². The Hall–Kier alpha value is -1.46. The Morgan fingerprint density at radius 1 is 1.29 bits per heavy atom. The van der Waals surface area contributed by atoms with Gasteiger partial charge in [-0.05, 0) is 25.3 Å². The molecule has 116 valence electrons. The minimum absolute atomic E-state index is 0.0594. The molecule has 1 aliphatic carbocycles. The molecule has 0 amide bonds. The molecular weight excluding hydrogens is 296 g/mol. The first-order chi connectivity index (χ1) is 10.0. The van der Waals surface area contributed by atoms with E-state index in [1.807, 2.05) is 0 Å². The Labute approximate surface area is 128 Å². The molecule has 0 bridgehead atoms. The van der Waals surface area contributed by atoms with Crippen LogP contribution < -0.4 is 9.47 Å². The number of carboxylic acid groups (broad SMARTS) is 1. The number of aliphatic hydroxyl groups is 1. The van der Waals surface area contributed by atoms with Crippen molar-refractivity contribution in [2.45, 2.75) is 44.3 Å². The largest absolute Gasteiger partial charge is 0.493 e. The zero-order chi connectivity index (χ0) is 15.4. The second-order valence-electron chi connectivity index (χ2n) is 5.15. The number of aliphatic hydroxyl groups excluding tert-OH is 1. The summed E-state index contributed by atoms with van der Waals surface area (Å²) in [5.74, 6) is -0.759. The van der Waals surface area contributed by atoms with Crippen molar-refractivity contribution in [3.05, 3.63) is 22.7 Å². The summed E-state index contributed by atoms with van der Waals surface area (Å²) in [6.07, 6.45) is 3.25. The zero-order valence-electron chi connectivity index (χ0n) is 11.8. The van der Waals surface area contributed by atoms with Gasteiger partial charge in [-0.25, -0.2) is 4.79 Å². The van der Waals surface area contributed by atoms with Crippen LogP contribution in [0.5, 0.6) is 11.5 Å². The van der Waals surface area contributed by atoms with Crippen LogP contribution in [0.15, 0.2) is 12.1 Å². The average Bonchev–Trinajstić information content (AvgIpc) is 2.65. The molecule has 1 aliphatic rings. The third-order valence-electron chi connectivity index (χ3n) is 3.66. The summed E-state index contributed by atoms with van der Waals surface area (Å²) in [5.41, 5.74) is -0.0594. The van der Waals surface area contributed by atoms with Crippen LogP contribution in [0.4, 0.5) is 0 Å². The van der Waals surface area contributed by atoms with Crippen molar-refractivity contribution in [2.24, 2.45) is 0 Å². The lowest BCUT2D eigenvalue weighted by Gasteiger charge is -2.24. The molecule has 0 radical (unpaired) electrons. The molecule has 1 fully saturated rings. The number of methoxy groups -OCH3 is 1. The van der Waals surface area contributed by atoms with E-state index in [-0.39, 0.29) is 22.1 Å². The number of rotatable bonds is 4. The van der Waals surface area contributed by atoms with Crippen molar-refractivity contribution >= 4 is 17.6 Å². The van der Waals surface area contributed by atoms with E-state index in [4.69, 9.17) is 21.1 Å². The minimum Gasteiger partial charge on any atom is -0.493 e. The van der Waals surface area contributed by atoms with Crippen LogP contribution in [0.3, 0.4) is 0 Å². The van der Waals surface area contributed by atoms with Crippen LogP contribution in [0.25, 0.3) is 0 Å². The molecule has 2 atom stereocenters. The molecule has 6 heteroatoms. The Morgan fingerprint density at radius 2 is 2.00 bits per heavy atom. The quantitative estimate of drug-likeness (QED) is 0.835. The van der Waals surface area contributed by atoms with E-state index in [1.165, 1.54) is 19.2 Å². The summed E-state index contributed by atoms with van der Waals surface area (Å²) >= 11 is 5.89. The highest BCUT2D eigenvalue weighted by Crippen LogP contribution is 2.37. The lowest BCUT2D eigenvalue weighted by Crippen LogP contribution is -2.31. The second kappa shape index (κ2) is 7.00. The molecule has 5 nitrogen and oxygen atoms in total. The second-order valence-corrected chi connectivity index (χ2v) is 5.59. The fourth-order valence-corrected chi connectivity index (χ4v) is 2.75. The van der Waals surface area contributed by atoms with Crippen LogP contribution in [0.2, 0.25) is 5.02 Å². The van der Waals surface area contributed by atoms with E-state index in [1.54, 1.807) is 0 Å². The molecule has 2 rings (SSSR count). The van der Waals surface area contributed by atoms with E-state index in [0.29, 0.717) is 12.8 Å². The summed E-state index contributed by atoms with van der Waals surface area (Å²) in [7, 11) is 1.42. The SMILES string of the molecule is COc1cc(Cl)cc(C(=O)O)c1OC1CCCCCC1O. The molecule has 1 saturated carbocycles. The Morgan fingerprint density at radius 3 is 2.67 bits per heavy atom. The lowest BCUT2D eigenvalue weighted by atomic mass is 10.1. The van der Waals surface area contributed by atoms with E-state index in [9.17, 15) is 15.0 Å². The van der Waals surface area contributed by atoms with Crippen LogP contribution >= 0.6 is 11.6 Å². The van der Waals surface area contributed by atoms with Gasteiger partial charge in [-0.1, -0.05) is 24.4 Å². The van der Waals surface area contributed by atoms with Gasteiger partial charge in [-0.15, -0.1) is 0 Å². The van der Waals surface area contributed by atoms with Gasteiger partial charge in [0.05, 0.1) is 13.2 Å². The Balaban J connectivity index is 2.34. The van der Waals surface area contributed by atoms with Gasteiger partial charge >= 0.3 is 5.97 Å². The summed E-state index contributed by atoms with van der Waals surface area (Å²) in [4.78, 5) is 11.4. The first-order valence-corrected chi connectivity index (χ1v) is 7.36. The highest BCUT2D eigenvalue weighted by Gasteiger charge is 2.27. The van der Waals surface area contributed by atoms with E-state index in [0.717, 1.165) is 19.3 Å². The number of ether oxygens (including phenoxy) is 2. The highest BCUT2D eigenvalue weighted by molar-refractivity contribution is 6.31. The fraction of sp³-hybridized carbons (Fsp3) is 0.533. The van der Waals surface area contributed by atoms with E-state index < -0.39 is 18.2 Å². The molecule has 0 spiro atoms. The van der Waals surface area contributed by atoms with Gasteiger partial charge in [0.1, 0.15) is 11.7 Å². The van der Waals surface area contributed by atoms with Crippen molar-refractivity contribution in [1.82, 2.24) is 0 Å². The summed E-state index contributed by atoms with van der Waals surface area (Å²) in [6, 6.07) is 2.83. The highest BCUT2D eigenvalue weighted by atomic mass is 35.5. The van der Waals surface area contributed by atoms with Crippen molar-refractivity contribution in [3.8, 4) is 11.5 Å². The number of hydrogen-bond donors (Lipinski definition) is 2. The number of carbonyl (C=O) groups is 1. The van der Waals surface area contributed by atoms with E-state index in [2.05, 4.69) is 0 Å². The molecule has 0 heterocycles. The predicted molar refractivity (Wildman–Crippen MR) is 78.5 cm³/mol. The van der Waals surface area contributed by atoms with Crippen molar-refractivity contribution in [2.75, 3.05) is 7.11 Å². The molecule has 1 aromatic rings. The monoisotopic (exact) mass is 314 g/mol. The van der Waals surface area contributed by atoms with Crippen molar-refractivity contribution in [1.29, 1.82) is 0 Å². The molecule has 2 N–H and O–H groups in total. The molecule has 1 aromatic carbocycles. The molecule has 0 aromatic heterocycles. The third-order valence-corrected chi connectivity index (χ3v) is 3.88. The summed E-state index contributed by atoms with van der Waals surface area (Å²) in [6.45, 7) is 0. The van der Waals surface area contributed by atoms with Gasteiger partial charge in [0, 0.05) is 11.1 Å². The number of benzene rings is 1. The van der Waals surface area contributed by atoms with Gasteiger partial charge in [0.2, 0.25) is 0 Å². The third kappa shape index (κ3) is 3.80. The first kappa shape index (κ1) is 15.9. The van der Waals surface area contributed by atoms with Gasteiger partial charge in [-0.3, -0.25) is 0 Å². The van der Waals surface area contributed by atoms with Crippen LogP contribution in [0, 0.1) is 0 Å². The lowest BCUT2D eigenvalue weighted by molar-refractivity contribution is 0.0290. The van der Waals surface area contributed by atoms with Crippen molar-refractivity contribution in [3.63, 3.8) is 0 Å². The van der Waals surface area contributed by atoms with Crippen LogP contribution in [-0.2, 0) is 0 Å². The van der Waals surface area contributed by atoms with Gasteiger partial charge in [0.15, 0.2) is 11.5 Å². The smallest absolute Gasteiger partial charge is 0.339 e. The normalized spacial score (nSPS) is 22.4. The van der Waals surface area contributed by atoms with Crippen LogP contribution in [-0.4, -0.2) is 35.5 Å². The van der Waals surface area contributed by atoms with Gasteiger partial charge in [0.25, 0.3) is 0 Å². The van der Waals surface area contributed by atoms with Gasteiger partial charge < -0.3 is 19.7 Å². The maximum atomic E-state index is 11.4. The van der Waals surface area contributed by atoms with E-state index >= 15 is 0 Å². The van der Waals surface area contributed by atoms with Crippen LogP contribution in [0.1, 0.15) is 42.5 Å². The fourth-order valence-electron chi connectivity index (χ4n) is 2.54. The molecular formula is C15H19ClO5. The molecule has 0 aliphatic heterocycles. The molecule has 2 unspecified atom stereocenters. The topological polar surface area (TPSA) is 76.0 Å². The Bertz CT molecular complexity index is 517. The number of hydrogen-bond acceptors (Lipinski definition) is 4. The standard InChI is InChI=1S/C15H19ClO5/c1-20-13-8-9(16)7-10(15(18)19)14(13)21-12-6-4-2-3-5-11(12)17/h7-8,11-12,17H,2-6H2,1H3,(H,18,19). The molecule has 0 saturated heterocycles. The number of carboxylic acids is 1. The zero-order valence-corrected chi connectivity index (χ0v) is 12.6. The van der Waals surface area contributed by atoms with Crippen molar-refractivity contribution < 1.29 is 24.5 Å². The average molecular weight is 315 g/mol. The maximum Gasteiger partial charge on any atom is 0.339 e. The number of aromatic carboxylic acids is 1. The summed E-state index contributed by atoms with van der Waals surface area (Å²) in [5, 5.41) is 19.7. The summed E-state index contributed by atoms with van der Waals surface area (Å²) < 4.78 is 11.0. The minimum atomic E-state index is -1.14. The first-order valence-electron chi connectivity index (χ1n) is 6.98.